The summed E-state index contributed by atoms with van der Waals surface area (Å²) < 4.78 is 294. The van der Waals surface area contributed by atoms with Crippen molar-refractivity contribution >= 4 is 0 Å². The first-order chi connectivity index (χ1) is 18.5. The Kier molecular flexibility index (Phi) is 32.5. The Bertz CT molecular complexity index is 1530. The van der Waals surface area contributed by atoms with Crippen molar-refractivity contribution in [3.8, 4) is 0 Å². The van der Waals surface area contributed by atoms with Crippen LogP contribution >= 0.6 is 0 Å². The molecule has 0 saturated heterocycles. The predicted octanol–water partition coefficient (Wildman–Crippen LogP) is -14.6. The molecule has 0 aliphatic carbocycles. The second kappa shape index (κ2) is 23.8. The molecule has 0 aromatic rings. The van der Waals surface area contributed by atoms with E-state index in [0.29, 0.717) is 0 Å². The summed E-state index contributed by atoms with van der Waals surface area (Å²) in [4.78, 5) is 0. The zero-order valence-corrected chi connectivity index (χ0v) is 36.4. The van der Waals surface area contributed by atoms with Gasteiger partial charge in [-0.2, -0.15) is 0 Å². The Morgan fingerprint density at radius 2 is 0.234 bits per heavy atom. The quantitative estimate of drug-likeness (QED) is 0.183. The van der Waals surface area contributed by atoms with Crippen molar-refractivity contribution < 1.29 is 313 Å². The molecule has 0 aliphatic heterocycles. The van der Waals surface area contributed by atoms with E-state index in [-0.39, 0.29) is 44.8 Å². The number of hydrogen-bond acceptors (Lipinski definition) is 35. The molecule has 47 heteroatoms. The summed E-state index contributed by atoms with van der Waals surface area (Å²) in [5, 5.41) is 0. The van der Waals surface area contributed by atoms with Crippen LogP contribution in [0.25, 0.3) is 0 Å². The summed E-state index contributed by atoms with van der Waals surface area (Å²) in [5.74, 6) is 0. The van der Waals surface area contributed by atoms with Crippen molar-refractivity contribution in [3.05, 3.63) is 0 Å². The zero-order chi connectivity index (χ0) is 38.5. The summed E-state index contributed by atoms with van der Waals surface area (Å²) >= 11 is -60.7. The van der Waals surface area contributed by atoms with Gasteiger partial charge in [0.2, 0.25) is 0 Å². The SMILES string of the molecule is [Nb+5].[Nb+5].[O]=[Cr](=[O])([O-])[O][Cr](=[O])(=[O])[O-].[O]=[Cr](=[O])([O-])[O][Cr](=[O])(=[O])[O-].[O]=[Cr](=[O])([O-])[O][Cr](=[O])(=[O])[O-].[O]=[Cr](=[O])([O-])[O][Cr](=[O])(=[O])[O-].[O]=[Cr](=[O])([O-])[O][Cr](=[O])(=[O])[O-]. The van der Waals surface area contributed by atoms with E-state index in [1.807, 2.05) is 0 Å². The van der Waals surface area contributed by atoms with Crippen LogP contribution in [-0.4, -0.2) is 0 Å². The van der Waals surface area contributed by atoms with Gasteiger partial charge in [0, 0.05) is 0 Å². The van der Waals surface area contributed by atoms with Crippen LogP contribution in [0.15, 0.2) is 0 Å². The molecule has 0 radical (unpaired) electrons. The van der Waals surface area contributed by atoms with Gasteiger partial charge in [0.15, 0.2) is 0 Å². The molecule has 0 heterocycles. The fraction of sp³-hybridized carbons (Fsp3) is 0. The molecule has 0 rings (SSSR count). The zero-order valence-electron chi connectivity index (χ0n) is 19.3. The summed E-state index contributed by atoms with van der Waals surface area (Å²) in [6, 6.07) is 0. The molecule has 0 aromatic carbocycles. The third kappa shape index (κ3) is 99.2. The summed E-state index contributed by atoms with van der Waals surface area (Å²) in [6.45, 7) is 0. The summed E-state index contributed by atoms with van der Waals surface area (Å²) in [7, 11) is 0. The van der Waals surface area contributed by atoms with Gasteiger partial charge >= 0.3 is 313 Å². The molecule has 0 spiro atoms. The maximum absolute atomic E-state index is 9.38. The maximum atomic E-state index is 9.38. The van der Waals surface area contributed by atoms with Gasteiger partial charge in [0.1, 0.15) is 0 Å². The van der Waals surface area contributed by atoms with Crippen LogP contribution in [0.5, 0.6) is 0 Å². The fourth-order valence-electron chi connectivity index (χ4n) is 0.510. The van der Waals surface area contributed by atoms with E-state index in [9.17, 15) is 118 Å². The molecular formula is Cr10Nb2O35. The van der Waals surface area contributed by atoms with E-state index in [1.54, 1.807) is 0 Å². The third-order valence-electron chi connectivity index (χ3n) is 0.833. The van der Waals surface area contributed by atoms with Crippen LogP contribution in [-0.2, 0) is 271 Å². The number of hydrogen-bond donors (Lipinski definition) is 0. The van der Waals surface area contributed by atoms with Gasteiger partial charge < -0.3 is 0 Å². The van der Waals surface area contributed by atoms with Gasteiger partial charge in [-0.05, 0) is 0 Å². The van der Waals surface area contributed by atoms with E-state index in [0.717, 1.165) is 0 Å². The first kappa shape index (κ1) is 64.2. The molecule has 35 nitrogen and oxygen atoms in total. The van der Waals surface area contributed by atoms with Crippen molar-refractivity contribution in [2.24, 2.45) is 0 Å². The minimum atomic E-state index is -6.07. The molecular weight excluding hydrogens is 1270 g/mol. The van der Waals surface area contributed by atoms with Crippen LogP contribution in [0.4, 0.5) is 0 Å². The average Bonchev–Trinajstić information content (AvgIpc) is 2.36. The second-order valence-corrected chi connectivity index (χ2v) is 22.6. The molecule has 0 unspecified atom stereocenters. The molecule has 0 aromatic heterocycles. The molecule has 0 fully saturated rings. The van der Waals surface area contributed by atoms with E-state index in [4.69, 9.17) is 0 Å². The van der Waals surface area contributed by atoms with Crippen molar-refractivity contribution in [1.29, 1.82) is 0 Å². The Morgan fingerprint density at radius 1 is 0.191 bits per heavy atom. The first-order valence-corrected chi connectivity index (χ1v) is 27.5. The van der Waals surface area contributed by atoms with Crippen LogP contribution in [0.2, 0.25) is 0 Å². The van der Waals surface area contributed by atoms with Crippen LogP contribution in [0.1, 0.15) is 0 Å². The average molecular weight is 1270 g/mol. The molecule has 0 N–H and O–H groups in total. The summed E-state index contributed by atoms with van der Waals surface area (Å²) in [6.07, 6.45) is 0. The van der Waals surface area contributed by atoms with Crippen LogP contribution in [0, 0.1) is 0 Å². The first-order valence-electron chi connectivity index (χ1n) is 6.67. The van der Waals surface area contributed by atoms with Gasteiger partial charge in [-0.15, -0.1) is 0 Å². The Balaban J connectivity index is -0.0000000842. The van der Waals surface area contributed by atoms with E-state index in [1.165, 1.54) is 0 Å². The Hall–Kier alpha value is 2.21. The molecule has 0 amide bonds. The molecule has 280 valence electrons. The Labute approximate surface area is 308 Å². The van der Waals surface area contributed by atoms with Gasteiger partial charge in [-0.25, -0.2) is 0 Å². The van der Waals surface area contributed by atoms with Gasteiger partial charge in [-0.3, -0.25) is 0 Å². The molecule has 0 bridgehead atoms. The summed E-state index contributed by atoms with van der Waals surface area (Å²) in [5.41, 5.74) is 0. The monoisotopic (exact) mass is 1270 g/mol. The van der Waals surface area contributed by atoms with E-state index in [2.05, 4.69) is 14.2 Å². The topological polar surface area (TPSA) is 618 Å². The Morgan fingerprint density at radius 3 is 0.234 bits per heavy atom. The van der Waals surface area contributed by atoms with Gasteiger partial charge in [-0.1, -0.05) is 0 Å². The van der Waals surface area contributed by atoms with Gasteiger partial charge in [0.05, 0.1) is 0 Å². The molecule has 47 heavy (non-hydrogen) atoms. The van der Waals surface area contributed by atoms with Crippen molar-refractivity contribution in [2.45, 2.75) is 0 Å². The minimum absolute atomic E-state index is 0. The van der Waals surface area contributed by atoms with Crippen LogP contribution in [0.3, 0.4) is 0 Å². The molecule has 0 aliphatic rings. The molecule has 0 atom stereocenters. The second-order valence-electron chi connectivity index (χ2n) is 4.42. The fourth-order valence-corrected chi connectivity index (χ4v) is 8.68. The third-order valence-corrected chi connectivity index (χ3v) is 14.2. The standard InChI is InChI=1S/10Cr.2Nb.35O/q;;;;;;;;;;2*+5;;;;;;;;;;;;;;;;;;;;;;;;;;10*-1. The number of rotatable bonds is 10. The van der Waals surface area contributed by atoms with Crippen molar-refractivity contribution in [1.82, 2.24) is 0 Å². The van der Waals surface area contributed by atoms with E-state index < -0.39 is 136 Å². The normalized spacial score (nSPS) is 13.0. The van der Waals surface area contributed by atoms with E-state index >= 15 is 0 Å². The van der Waals surface area contributed by atoms with Crippen molar-refractivity contribution in [2.75, 3.05) is 0 Å². The van der Waals surface area contributed by atoms with Crippen LogP contribution < -0.4 is 41.6 Å². The molecule has 0 saturated carbocycles. The predicted molar refractivity (Wildman–Crippen MR) is 19.2 cm³/mol. The van der Waals surface area contributed by atoms with Gasteiger partial charge in [0.25, 0.3) is 0 Å². The van der Waals surface area contributed by atoms with Crippen molar-refractivity contribution in [3.63, 3.8) is 0 Å².